The van der Waals surface area contributed by atoms with Gasteiger partial charge in [0, 0.05) is 36.8 Å². The largest absolute Gasteiger partial charge is 0.289 e. The van der Waals surface area contributed by atoms with Gasteiger partial charge in [0.05, 0.1) is 15.7 Å². The first-order valence-corrected chi connectivity index (χ1v) is 8.39. The van der Waals surface area contributed by atoms with Crippen LogP contribution in [0, 0.1) is 6.92 Å². The fourth-order valence-corrected chi connectivity index (χ4v) is 4.09. The number of hydrogen-bond donors (Lipinski definition) is 0. The first kappa shape index (κ1) is 14.4. The van der Waals surface area contributed by atoms with Crippen molar-refractivity contribution >= 4 is 23.2 Å². The summed E-state index contributed by atoms with van der Waals surface area (Å²) in [5.74, 6) is 0.871. The highest BCUT2D eigenvalue weighted by Crippen LogP contribution is 2.43. The Kier molecular flexibility index (Phi) is 3.60. The van der Waals surface area contributed by atoms with Crippen molar-refractivity contribution in [1.82, 2.24) is 14.9 Å². The molecule has 2 aliphatic rings. The Hall–Kier alpha value is -1.16. The van der Waals surface area contributed by atoms with Crippen LogP contribution in [0.25, 0.3) is 0 Å². The van der Waals surface area contributed by atoms with Crippen LogP contribution in [0.2, 0.25) is 10.0 Å². The van der Waals surface area contributed by atoms with Gasteiger partial charge in [-0.05, 0) is 37.5 Å². The third-order valence-electron chi connectivity index (χ3n) is 4.80. The van der Waals surface area contributed by atoms with Crippen LogP contribution >= 0.6 is 23.2 Å². The molecule has 0 amide bonds. The quantitative estimate of drug-likeness (QED) is 0.817. The van der Waals surface area contributed by atoms with Gasteiger partial charge in [-0.3, -0.25) is 4.90 Å². The number of hydrogen-bond acceptors (Lipinski definition) is 3. The molecule has 4 rings (SSSR count). The summed E-state index contributed by atoms with van der Waals surface area (Å²) in [7, 11) is 0. The van der Waals surface area contributed by atoms with Gasteiger partial charge in [0.15, 0.2) is 0 Å². The lowest BCUT2D eigenvalue weighted by atomic mass is 9.98. The Balaban J connectivity index is 1.64. The zero-order valence-corrected chi connectivity index (χ0v) is 13.9. The number of aryl methyl sites for hydroxylation is 1. The van der Waals surface area contributed by atoms with Crippen molar-refractivity contribution in [2.45, 2.75) is 44.8 Å². The Morgan fingerprint density at radius 1 is 1.23 bits per heavy atom. The molecule has 0 aliphatic carbocycles. The highest BCUT2D eigenvalue weighted by molar-refractivity contribution is 6.42. The molecule has 3 heterocycles. The van der Waals surface area contributed by atoms with Crippen LogP contribution in [-0.4, -0.2) is 20.9 Å². The van der Waals surface area contributed by atoms with E-state index >= 15 is 0 Å². The van der Waals surface area contributed by atoms with Crippen LogP contribution in [0.15, 0.2) is 24.4 Å². The summed E-state index contributed by atoms with van der Waals surface area (Å²) in [5, 5.41) is 1.24. The predicted molar refractivity (Wildman–Crippen MR) is 88.2 cm³/mol. The maximum Gasteiger partial charge on any atom is 0.125 e. The summed E-state index contributed by atoms with van der Waals surface area (Å²) in [5.41, 5.74) is 3.76. The first-order chi connectivity index (χ1) is 10.6. The highest BCUT2D eigenvalue weighted by Gasteiger charge is 2.40. The standard InChI is InChI=1S/C17H17Cl2N3/c1-10-20-8-13-16(21-10)7-12-3-5-17(13)22(12)9-11-2-4-14(18)15(19)6-11/h2,4,6,8,12,17H,3,5,7,9H2,1H3/t12-,17-/m1/s1. The molecular weight excluding hydrogens is 317 g/mol. The van der Waals surface area contributed by atoms with E-state index in [1.54, 1.807) is 0 Å². The molecule has 2 atom stereocenters. The topological polar surface area (TPSA) is 29.0 Å². The van der Waals surface area contributed by atoms with E-state index < -0.39 is 0 Å². The van der Waals surface area contributed by atoms with Gasteiger partial charge in [-0.2, -0.15) is 0 Å². The molecule has 2 bridgehead atoms. The van der Waals surface area contributed by atoms with E-state index in [2.05, 4.69) is 20.9 Å². The maximum absolute atomic E-state index is 6.15. The highest BCUT2D eigenvalue weighted by atomic mass is 35.5. The van der Waals surface area contributed by atoms with Crippen LogP contribution < -0.4 is 0 Å². The van der Waals surface area contributed by atoms with Gasteiger partial charge in [-0.25, -0.2) is 9.97 Å². The minimum atomic E-state index is 0.434. The van der Waals surface area contributed by atoms with Gasteiger partial charge in [-0.15, -0.1) is 0 Å². The molecule has 22 heavy (non-hydrogen) atoms. The SMILES string of the molecule is Cc1ncc2c(n1)C[C@H]1CC[C@H]2N1Cc1ccc(Cl)c(Cl)c1. The van der Waals surface area contributed by atoms with Crippen LogP contribution in [0.3, 0.4) is 0 Å². The van der Waals surface area contributed by atoms with E-state index in [9.17, 15) is 0 Å². The minimum Gasteiger partial charge on any atom is -0.289 e. The van der Waals surface area contributed by atoms with Crippen molar-refractivity contribution in [3.8, 4) is 0 Å². The Labute approximate surface area is 140 Å². The van der Waals surface area contributed by atoms with Crippen LogP contribution in [-0.2, 0) is 13.0 Å². The molecule has 1 fully saturated rings. The van der Waals surface area contributed by atoms with Gasteiger partial charge in [0.1, 0.15) is 5.82 Å². The summed E-state index contributed by atoms with van der Waals surface area (Å²) in [4.78, 5) is 11.6. The molecule has 114 valence electrons. The molecular formula is C17H17Cl2N3. The lowest BCUT2D eigenvalue weighted by Crippen LogP contribution is -2.37. The molecule has 0 unspecified atom stereocenters. The molecule has 0 saturated carbocycles. The van der Waals surface area contributed by atoms with Crippen molar-refractivity contribution in [3.63, 3.8) is 0 Å². The first-order valence-electron chi connectivity index (χ1n) is 7.64. The molecule has 0 N–H and O–H groups in total. The summed E-state index contributed by atoms with van der Waals surface area (Å²) in [6.07, 6.45) is 5.45. The Morgan fingerprint density at radius 3 is 2.91 bits per heavy atom. The van der Waals surface area contributed by atoms with Crippen LogP contribution in [0.5, 0.6) is 0 Å². The predicted octanol–water partition coefficient (Wildman–Crippen LogP) is 4.35. The molecule has 0 spiro atoms. The van der Waals surface area contributed by atoms with Crippen molar-refractivity contribution < 1.29 is 0 Å². The van der Waals surface area contributed by atoms with Gasteiger partial charge in [0.25, 0.3) is 0 Å². The van der Waals surface area contributed by atoms with E-state index in [1.807, 2.05) is 25.3 Å². The van der Waals surface area contributed by atoms with E-state index in [-0.39, 0.29) is 0 Å². The average molecular weight is 334 g/mol. The number of fused-ring (bicyclic) bond motifs is 4. The fraction of sp³-hybridized carbons (Fsp3) is 0.412. The van der Waals surface area contributed by atoms with Crippen LogP contribution in [0.1, 0.15) is 41.5 Å². The fourth-order valence-electron chi connectivity index (χ4n) is 3.77. The number of aromatic nitrogens is 2. The summed E-state index contributed by atoms with van der Waals surface area (Å²) < 4.78 is 0. The monoisotopic (exact) mass is 333 g/mol. The molecule has 2 aliphatic heterocycles. The molecule has 1 saturated heterocycles. The van der Waals surface area contributed by atoms with Crippen molar-refractivity contribution in [1.29, 1.82) is 0 Å². The molecule has 1 aromatic carbocycles. The second-order valence-corrected chi connectivity index (χ2v) is 7.01. The number of nitrogens with zero attached hydrogens (tertiary/aromatic N) is 3. The molecule has 2 aromatic rings. The smallest absolute Gasteiger partial charge is 0.125 e. The normalized spacial score (nSPS) is 23.6. The second kappa shape index (κ2) is 5.48. The van der Waals surface area contributed by atoms with E-state index in [0.717, 1.165) is 18.8 Å². The molecule has 1 aromatic heterocycles. The van der Waals surface area contributed by atoms with Crippen molar-refractivity contribution in [2.24, 2.45) is 0 Å². The lowest BCUT2D eigenvalue weighted by molar-refractivity contribution is 0.166. The average Bonchev–Trinajstić information content (AvgIpc) is 2.76. The van der Waals surface area contributed by atoms with Crippen molar-refractivity contribution in [2.75, 3.05) is 0 Å². The third-order valence-corrected chi connectivity index (χ3v) is 5.54. The van der Waals surface area contributed by atoms with Crippen LogP contribution in [0.4, 0.5) is 0 Å². The summed E-state index contributed by atoms with van der Waals surface area (Å²) in [6.45, 7) is 2.86. The van der Waals surface area contributed by atoms with E-state index in [0.29, 0.717) is 22.1 Å². The molecule has 3 nitrogen and oxygen atoms in total. The Bertz CT molecular complexity index is 732. The number of benzene rings is 1. The molecule has 0 radical (unpaired) electrons. The van der Waals surface area contributed by atoms with Gasteiger partial charge in [-0.1, -0.05) is 29.3 Å². The number of rotatable bonds is 2. The Morgan fingerprint density at radius 2 is 2.09 bits per heavy atom. The maximum atomic E-state index is 6.15. The minimum absolute atomic E-state index is 0.434. The summed E-state index contributed by atoms with van der Waals surface area (Å²) >= 11 is 12.2. The second-order valence-electron chi connectivity index (χ2n) is 6.19. The van der Waals surface area contributed by atoms with Crippen molar-refractivity contribution in [3.05, 3.63) is 57.1 Å². The van der Waals surface area contributed by atoms with Gasteiger partial charge >= 0.3 is 0 Å². The summed E-state index contributed by atoms with van der Waals surface area (Å²) in [6, 6.07) is 6.93. The van der Waals surface area contributed by atoms with Gasteiger partial charge in [0.2, 0.25) is 0 Å². The number of halogens is 2. The zero-order chi connectivity index (χ0) is 15.3. The zero-order valence-electron chi connectivity index (χ0n) is 12.4. The molecule has 5 heteroatoms. The van der Waals surface area contributed by atoms with Gasteiger partial charge < -0.3 is 0 Å². The van der Waals surface area contributed by atoms with E-state index in [4.69, 9.17) is 23.2 Å². The van der Waals surface area contributed by atoms with E-state index in [1.165, 1.54) is 29.7 Å². The lowest BCUT2D eigenvalue weighted by Gasteiger charge is -2.35. The third kappa shape index (κ3) is 2.41.